The van der Waals surface area contributed by atoms with Gasteiger partial charge in [0.1, 0.15) is 10.7 Å². The molecule has 20 heavy (non-hydrogen) atoms. The van der Waals surface area contributed by atoms with E-state index >= 15 is 0 Å². The summed E-state index contributed by atoms with van der Waals surface area (Å²) in [6.45, 7) is 3.95. The molecule has 0 heterocycles. The maximum atomic E-state index is 14.3. The molecular weight excluding hydrogens is 303 g/mol. The first-order valence-corrected chi connectivity index (χ1v) is 8.36. The van der Waals surface area contributed by atoms with Crippen molar-refractivity contribution in [1.82, 2.24) is 10.0 Å². The molecule has 0 amide bonds. The maximum absolute atomic E-state index is 14.3. The molecule has 0 aromatic heterocycles. The van der Waals surface area contributed by atoms with Crippen LogP contribution in [0.2, 0.25) is 5.02 Å². The molecule has 0 aliphatic rings. The van der Waals surface area contributed by atoms with Gasteiger partial charge in [0.2, 0.25) is 10.0 Å². The first-order valence-electron chi connectivity index (χ1n) is 6.50. The minimum atomic E-state index is -3.91. The van der Waals surface area contributed by atoms with Crippen molar-refractivity contribution in [3.8, 4) is 0 Å². The van der Waals surface area contributed by atoms with E-state index in [-0.39, 0.29) is 23.2 Å². The monoisotopic (exact) mass is 322 g/mol. The molecular formula is C13H20ClFN2O2S. The van der Waals surface area contributed by atoms with Crippen molar-refractivity contribution < 1.29 is 12.8 Å². The number of nitrogens with one attached hydrogen (secondary N) is 2. The Morgan fingerprint density at radius 1 is 1.30 bits per heavy atom. The van der Waals surface area contributed by atoms with Crippen molar-refractivity contribution >= 4 is 21.6 Å². The van der Waals surface area contributed by atoms with Crippen molar-refractivity contribution in [3.05, 3.63) is 28.5 Å². The van der Waals surface area contributed by atoms with E-state index in [1.165, 1.54) is 6.07 Å². The second kappa shape index (κ2) is 7.36. The quantitative estimate of drug-likeness (QED) is 0.811. The lowest BCUT2D eigenvalue weighted by Gasteiger charge is -2.16. The molecule has 1 aromatic carbocycles. The summed E-state index contributed by atoms with van der Waals surface area (Å²) in [6.07, 6.45) is 1.28. The number of hydrogen-bond donors (Lipinski definition) is 2. The molecule has 0 unspecified atom stereocenters. The van der Waals surface area contributed by atoms with Crippen LogP contribution in [0.15, 0.2) is 17.0 Å². The molecule has 1 aromatic rings. The van der Waals surface area contributed by atoms with E-state index in [1.807, 2.05) is 13.8 Å². The molecule has 0 saturated carbocycles. The van der Waals surface area contributed by atoms with Gasteiger partial charge in [0.05, 0.1) is 0 Å². The van der Waals surface area contributed by atoms with Gasteiger partial charge in [0.15, 0.2) is 0 Å². The SMILES string of the molecule is CCC(CC)NS(=O)(=O)c1cc(Cl)cc(CNC)c1F. The third kappa shape index (κ3) is 4.15. The van der Waals surface area contributed by atoms with Crippen LogP contribution in [0.25, 0.3) is 0 Å². The summed E-state index contributed by atoms with van der Waals surface area (Å²) in [5.41, 5.74) is 0.227. The lowest BCUT2D eigenvalue weighted by atomic mass is 10.2. The normalized spacial score (nSPS) is 12.1. The zero-order valence-electron chi connectivity index (χ0n) is 11.8. The fraction of sp³-hybridized carbons (Fsp3) is 0.538. The lowest BCUT2D eigenvalue weighted by Crippen LogP contribution is -2.34. The van der Waals surface area contributed by atoms with Gasteiger partial charge >= 0.3 is 0 Å². The standard InChI is InChI=1S/C13H20ClFN2O2S/c1-4-11(5-2)17-20(18,19)12-7-10(14)6-9(8-16-3)13(12)15/h6-7,11,16-17H,4-5,8H2,1-3H3. The van der Waals surface area contributed by atoms with Gasteiger partial charge in [0.25, 0.3) is 0 Å². The summed E-state index contributed by atoms with van der Waals surface area (Å²) >= 11 is 5.88. The molecule has 7 heteroatoms. The maximum Gasteiger partial charge on any atom is 0.243 e. The average Bonchev–Trinajstić information content (AvgIpc) is 2.40. The van der Waals surface area contributed by atoms with Crippen LogP contribution in [0.4, 0.5) is 4.39 Å². The molecule has 0 fully saturated rings. The van der Waals surface area contributed by atoms with E-state index < -0.39 is 20.7 Å². The third-order valence-corrected chi connectivity index (χ3v) is 4.78. The van der Waals surface area contributed by atoms with Crippen LogP contribution in [0, 0.1) is 5.82 Å². The Morgan fingerprint density at radius 3 is 2.40 bits per heavy atom. The highest BCUT2D eigenvalue weighted by Gasteiger charge is 2.24. The van der Waals surface area contributed by atoms with Crippen molar-refractivity contribution in [2.45, 2.75) is 44.2 Å². The van der Waals surface area contributed by atoms with Gasteiger partial charge in [-0.15, -0.1) is 0 Å². The van der Waals surface area contributed by atoms with E-state index in [9.17, 15) is 12.8 Å². The van der Waals surface area contributed by atoms with Crippen molar-refractivity contribution in [1.29, 1.82) is 0 Å². The summed E-state index contributed by atoms with van der Waals surface area (Å²) in [4.78, 5) is -0.401. The van der Waals surface area contributed by atoms with Crippen LogP contribution in [0.1, 0.15) is 32.3 Å². The van der Waals surface area contributed by atoms with Gasteiger partial charge in [-0.2, -0.15) is 0 Å². The molecule has 4 nitrogen and oxygen atoms in total. The molecule has 0 bridgehead atoms. The first-order chi connectivity index (χ1) is 9.35. The summed E-state index contributed by atoms with van der Waals surface area (Å²) in [5, 5.41) is 2.98. The number of sulfonamides is 1. The van der Waals surface area contributed by atoms with Crippen LogP contribution in [0.3, 0.4) is 0 Å². The summed E-state index contributed by atoms with van der Waals surface area (Å²) < 4.78 is 41.3. The first kappa shape index (κ1) is 17.4. The Hall–Kier alpha value is -0.690. The van der Waals surface area contributed by atoms with E-state index in [4.69, 9.17) is 11.6 Å². The van der Waals surface area contributed by atoms with Crippen LogP contribution in [-0.4, -0.2) is 21.5 Å². The molecule has 114 valence electrons. The fourth-order valence-electron chi connectivity index (χ4n) is 1.87. The minimum Gasteiger partial charge on any atom is -0.316 e. The van der Waals surface area contributed by atoms with Gasteiger partial charge in [0, 0.05) is 23.2 Å². The van der Waals surface area contributed by atoms with Crippen molar-refractivity contribution in [2.24, 2.45) is 0 Å². The predicted molar refractivity (Wildman–Crippen MR) is 78.9 cm³/mol. The second-order valence-corrected chi connectivity index (χ2v) is 6.66. The fourth-order valence-corrected chi connectivity index (χ4v) is 3.72. The Labute approximate surface area is 124 Å². The topological polar surface area (TPSA) is 58.2 Å². The molecule has 0 saturated heterocycles. The molecule has 0 spiro atoms. The van der Waals surface area contributed by atoms with Crippen LogP contribution in [0.5, 0.6) is 0 Å². The minimum absolute atomic E-state index is 0.196. The molecule has 0 radical (unpaired) electrons. The van der Waals surface area contributed by atoms with E-state index in [0.29, 0.717) is 12.8 Å². The van der Waals surface area contributed by atoms with Gasteiger partial charge in [-0.05, 0) is 32.0 Å². The number of rotatable bonds is 7. The average molecular weight is 323 g/mol. The molecule has 0 aliphatic carbocycles. The zero-order valence-corrected chi connectivity index (χ0v) is 13.4. The highest BCUT2D eigenvalue weighted by Crippen LogP contribution is 2.24. The number of benzene rings is 1. The van der Waals surface area contributed by atoms with Crippen molar-refractivity contribution in [3.63, 3.8) is 0 Å². The van der Waals surface area contributed by atoms with E-state index in [1.54, 1.807) is 7.05 Å². The zero-order chi connectivity index (χ0) is 15.3. The van der Waals surface area contributed by atoms with Gasteiger partial charge < -0.3 is 5.32 Å². The summed E-state index contributed by atoms with van der Waals surface area (Å²) in [6, 6.07) is 2.34. The van der Waals surface area contributed by atoms with E-state index in [2.05, 4.69) is 10.0 Å². The largest absolute Gasteiger partial charge is 0.316 e. The van der Waals surface area contributed by atoms with Gasteiger partial charge in [-0.1, -0.05) is 25.4 Å². The van der Waals surface area contributed by atoms with Gasteiger partial charge in [-0.3, -0.25) is 0 Å². The Morgan fingerprint density at radius 2 is 1.90 bits per heavy atom. The third-order valence-electron chi connectivity index (χ3n) is 3.04. The molecule has 0 aliphatic heterocycles. The number of halogens is 2. The van der Waals surface area contributed by atoms with E-state index in [0.717, 1.165) is 6.07 Å². The lowest BCUT2D eigenvalue weighted by molar-refractivity contribution is 0.516. The predicted octanol–water partition coefficient (Wildman–Crippen LogP) is 2.67. The Kier molecular flexibility index (Phi) is 6.39. The molecule has 2 N–H and O–H groups in total. The van der Waals surface area contributed by atoms with Crippen LogP contribution in [-0.2, 0) is 16.6 Å². The summed E-state index contributed by atoms with van der Waals surface area (Å²) in [5.74, 6) is -0.762. The second-order valence-electron chi connectivity index (χ2n) is 4.54. The van der Waals surface area contributed by atoms with Crippen LogP contribution >= 0.6 is 11.6 Å². The Bertz CT molecular complexity index is 560. The number of hydrogen-bond acceptors (Lipinski definition) is 3. The van der Waals surface area contributed by atoms with Gasteiger partial charge in [-0.25, -0.2) is 17.5 Å². The molecule has 1 rings (SSSR count). The smallest absolute Gasteiger partial charge is 0.243 e. The molecule has 0 atom stereocenters. The Balaban J connectivity index is 3.24. The van der Waals surface area contributed by atoms with Crippen molar-refractivity contribution in [2.75, 3.05) is 7.05 Å². The highest BCUT2D eigenvalue weighted by molar-refractivity contribution is 7.89. The highest BCUT2D eigenvalue weighted by atomic mass is 35.5. The van der Waals surface area contributed by atoms with Crippen LogP contribution < -0.4 is 10.0 Å². The summed E-state index contributed by atoms with van der Waals surface area (Å²) in [7, 11) is -2.27.